The van der Waals surface area contributed by atoms with Crippen LogP contribution in [0, 0.1) is 0 Å². The van der Waals surface area contributed by atoms with Crippen LogP contribution in [0.5, 0.6) is 0 Å². The maximum Gasteiger partial charge on any atom is 0.261 e. The van der Waals surface area contributed by atoms with Gasteiger partial charge in [-0.3, -0.25) is 19.3 Å². The number of ketones is 1. The highest BCUT2D eigenvalue weighted by Crippen LogP contribution is 2.32. The quantitative estimate of drug-likeness (QED) is 0.782. The van der Waals surface area contributed by atoms with Crippen LogP contribution < -0.4 is 0 Å². The van der Waals surface area contributed by atoms with E-state index in [1.807, 2.05) is 0 Å². The summed E-state index contributed by atoms with van der Waals surface area (Å²) < 4.78 is 5.43. The zero-order valence-corrected chi connectivity index (χ0v) is 12.4. The molecule has 1 atom stereocenters. The first-order valence-electron chi connectivity index (χ1n) is 6.46. The van der Waals surface area contributed by atoms with Crippen LogP contribution in [0.4, 0.5) is 0 Å². The van der Waals surface area contributed by atoms with Crippen molar-refractivity contribution in [2.75, 3.05) is 13.2 Å². The molecule has 2 aliphatic rings. The Balaban J connectivity index is 1.84. The minimum absolute atomic E-state index is 0.0628. The molecule has 1 saturated heterocycles. The molecule has 7 heteroatoms. The van der Waals surface area contributed by atoms with E-state index in [0.29, 0.717) is 13.0 Å². The van der Waals surface area contributed by atoms with Gasteiger partial charge in [-0.15, -0.1) is 0 Å². The molecule has 1 unspecified atom stereocenters. The first kappa shape index (κ1) is 14.5. The largest absolute Gasteiger partial charge is 0.375 e. The number of halogens is 2. The Hall–Kier alpha value is -1.43. The molecule has 0 radical (unpaired) electrons. The molecule has 0 aliphatic carbocycles. The van der Waals surface area contributed by atoms with Gasteiger partial charge in [0.15, 0.2) is 0 Å². The number of fused-ring (bicyclic) bond motifs is 1. The lowest BCUT2D eigenvalue weighted by Crippen LogP contribution is -2.40. The van der Waals surface area contributed by atoms with Crippen molar-refractivity contribution < 1.29 is 19.1 Å². The fourth-order valence-corrected chi connectivity index (χ4v) is 2.85. The molecule has 1 aromatic rings. The highest BCUT2D eigenvalue weighted by molar-refractivity contribution is 6.43. The van der Waals surface area contributed by atoms with Crippen molar-refractivity contribution >= 4 is 40.8 Å². The number of amides is 2. The van der Waals surface area contributed by atoms with Gasteiger partial charge in [0.05, 0.1) is 40.4 Å². The Morgan fingerprint density at radius 3 is 2.19 bits per heavy atom. The number of carbonyl (C=O) groups is 3. The third-order valence-corrected chi connectivity index (χ3v) is 4.31. The van der Waals surface area contributed by atoms with Gasteiger partial charge in [0, 0.05) is 12.8 Å². The number of Topliss-reactive ketones (excluding diaryl/α,β-unsaturated/α-hetero) is 1. The van der Waals surface area contributed by atoms with E-state index >= 15 is 0 Å². The fourth-order valence-electron chi connectivity index (χ4n) is 2.52. The van der Waals surface area contributed by atoms with Gasteiger partial charge in [-0.1, -0.05) is 23.2 Å². The molecule has 110 valence electrons. The van der Waals surface area contributed by atoms with Crippen LogP contribution in [0.3, 0.4) is 0 Å². The lowest BCUT2D eigenvalue weighted by molar-refractivity contribution is -0.128. The van der Waals surface area contributed by atoms with Crippen LogP contribution in [-0.4, -0.2) is 41.8 Å². The lowest BCUT2D eigenvalue weighted by Gasteiger charge is -2.25. The second-order valence-electron chi connectivity index (χ2n) is 5.02. The number of benzene rings is 1. The highest BCUT2D eigenvalue weighted by atomic mass is 35.5. The minimum atomic E-state index is -0.445. The molecular formula is C14H11Cl2NO4. The van der Waals surface area contributed by atoms with E-state index in [2.05, 4.69) is 0 Å². The van der Waals surface area contributed by atoms with Gasteiger partial charge < -0.3 is 4.74 Å². The van der Waals surface area contributed by atoms with Gasteiger partial charge in [-0.2, -0.15) is 0 Å². The van der Waals surface area contributed by atoms with E-state index < -0.39 is 17.9 Å². The monoisotopic (exact) mass is 327 g/mol. The minimum Gasteiger partial charge on any atom is -0.375 e. The van der Waals surface area contributed by atoms with Gasteiger partial charge in [0.2, 0.25) is 0 Å². The summed E-state index contributed by atoms with van der Waals surface area (Å²) in [7, 11) is 0. The molecule has 21 heavy (non-hydrogen) atoms. The van der Waals surface area contributed by atoms with Crippen molar-refractivity contribution in [3.63, 3.8) is 0 Å². The average Bonchev–Trinajstić information content (AvgIpc) is 2.65. The molecule has 0 spiro atoms. The summed E-state index contributed by atoms with van der Waals surface area (Å²) in [6.45, 7) is 0.387. The summed E-state index contributed by atoms with van der Waals surface area (Å²) >= 11 is 11.8. The summed E-state index contributed by atoms with van der Waals surface area (Å²) in [5.41, 5.74) is 0.466. The number of carbonyl (C=O) groups excluding carboxylic acids is 3. The number of imide groups is 1. The van der Waals surface area contributed by atoms with Gasteiger partial charge >= 0.3 is 0 Å². The summed E-state index contributed by atoms with van der Waals surface area (Å²) in [5.74, 6) is -0.792. The highest BCUT2D eigenvalue weighted by Gasteiger charge is 2.38. The predicted octanol–water partition coefficient (Wildman–Crippen LogP) is 2.34. The molecular weight excluding hydrogens is 317 g/mol. The van der Waals surface area contributed by atoms with E-state index in [1.165, 1.54) is 12.1 Å². The molecule has 2 aliphatic heterocycles. The van der Waals surface area contributed by atoms with E-state index in [0.717, 1.165) is 4.90 Å². The zero-order valence-electron chi connectivity index (χ0n) is 10.9. The normalized spacial score (nSPS) is 21.9. The number of nitrogens with zero attached hydrogens (tertiary/aromatic N) is 1. The van der Waals surface area contributed by atoms with Crippen LogP contribution >= 0.6 is 23.2 Å². The van der Waals surface area contributed by atoms with Crippen molar-refractivity contribution in [2.45, 2.75) is 18.9 Å². The van der Waals surface area contributed by atoms with Crippen molar-refractivity contribution in [2.24, 2.45) is 0 Å². The SMILES string of the molecule is O=C1CCOC(CN2C(=O)c3cc(Cl)c(Cl)cc3C2=O)C1. The van der Waals surface area contributed by atoms with Crippen LogP contribution in [0.2, 0.25) is 10.0 Å². The molecule has 3 rings (SSSR count). The summed E-state index contributed by atoms with van der Waals surface area (Å²) in [4.78, 5) is 37.1. The molecule has 0 N–H and O–H groups in total. The molecule has 1 aromatic carbocycles. The number of hydrogen-bond donors (Lipinski definition) is 0. The Morgan fingerprint density at radius 1 is 1.10 bits per heavy atom. The molecule has 2 heterocycles. The first-order valence-corrected chi connectivity index (χ1v) is 7.21. The maximum atomic E-state index is 12.3. The second-order valence-corrected chi connectivity index (χ2v) is 5.83. The van der Waals surface area contributed by atoms with Gasteiger partial charge in [0.1, 0.15) is 5.78 Å². The smallest absolute Gasteiger partial charge is 0.261 e. The van der Waals surface area contributed by atoms with Crippen LogP contribution in [-0.2, 0) is 9.53 Å². The van der Waals surface area contributed by atoms with Crippen molar-refractivity contribution in [1.29, 1.82) is 0 Å². The number of ether oxygens (including phenoxy) is 1. The summed E-state index contributed by atoms with van der Waals surface area (Å²) in [6.07, 6.45) is 0.151. The molecule has 2 amide bonds. The first-order chi connectivity index (χ1) is 9.97. The Labute approximate surface area is 130 Å². The average molecular weight is 328 g/mol. The Bertz CT molecular complexity index is 618. The van der Waals surface area contributed by atoms with E-state index in [-0.39, 0.29) is 39.9 Å². The number of rotatable bonds is 2. The summed E-state index contributed by atoms with van der Waals surface area (Å²) in [6, 6.07) is 2.79. The van der Waals surface area contributed by atoms with Gasteiger partial charge in [-0.05, 0) is 12.1 Å². The third kappa shape index (κ3) is 2.57. The molecule has 0 bridgehead atoms. The van der Waals surface area contributed by atoms with Crippen molar-refractivity contribution in [1.82, 2.24) is 4.90 Å². The fraction of sp³-hybridized carbons (Fsp3) is 0.357. The maximum absolute atomic E-state index is 12.3. The van der Waals surface area contributed by atoms with Gasteiger partial charge in [-0.25, -0.2) is 0 Å². The summed E-state index contributed by atoms with van der Waals surface area (Å²) in [5, 5.41) is 0.449. The van der Waals surface area contributed by atoms with E-state index in [9.17, 15) is 14.4 Å². The van der Waals surface area contributed by atoms with Gasteiger partial charge in [0.25, 0.3) is 11.8 Å². The Morgan fingerprint density at radius 2 is 1.67 bits per heavy atom. The van der Waals surface area contributed by atoms with E-state index in [1.54, 1.807) is 0 Å². The van der Waals surface area contributed by atoms with Crippen molar-refractivity contribution in [3.05, 3.63) is 33.3 Å². The molecule has 0 saturated carbocycles. The van der Waals surface area contributed by atoms with Crippen LogP contribution in [0.25, 0.3) is 0 Å². The molecule has 5 nitrogen and oxygen atoms in total. The zero-order chi connectivity index (χ0) is 15.1. The predicted molar refractivity (Wildman–Crippen MR) is 75.8 cm³/mol. The number of hydrogen-bond acceptors (Lipinski definition) is 4. The third-order valence-electron chi connectivity index (χ3n) is 3.59. The van der Waals surface area contributed by atoms with E-state index in [4.69, 9.17) is 27.9 Å². The standard InChI is InChI=1S/C14H11Cl2NO4/c15-11-4-9-10(5-12(11)16)14(20)17(13(9)19)6-8-3-7(18)1-2-21-8/h4-5,8H,1-3,6H2. The topological polar surface area (TPSA) is 63.7 Å². The Kier molecular flexibility index (Phi) is 3.73. The second kappa shape index (κ2) is 5.40. The van der Waals surface area contributed by atoms with Crippen LogP contribution in [0.15, 0.2) is 12.1 Å². The lowest BCUT2D eigenvalue weighted by atomic mass is 10.1. The molecule has 0 aromatic heterocycles. The van der Waals surface area contributed by atoms with Crippen molar-refractivity contribution in [3.8, 4) is 0 Å². The van der Waals surface area contributed by atoms with Crippen LogP contribution in [0.1, 0.15) is 33.6 Å². The molecule has 1 fully saturated rings.